The summed E-state index contributed by atoms with van der Waals surface area (Å²) >= 11 is 0. The van der Waals surface area contributed by atoms with Gasteiger partial charge < -0.3 is 14.8 Å². The molecule has 108 valence electrons. The average molecular weight is 279 g/mol. The number of amides is 1. The number of esters is 2. The molecule has 0 aromatic rings. The van der Waals surface area contributed by atoms with Gasteiger partial charge >= 0.3 is 11.9 Å². The van der Waals surface area contributed by atoms with E-state index in [4.69, 9.17) is 9.47 Å². The highest BCUT2D eigenvalue weighted by atomic mass is 16.5. The van der Waals surface area contributed by atoms with Gasteiger partial charge in [0, 0.05) is 24.3 Å². The molecule has 20 heavy (non-hydrogen) atoms. The molecule has 1 aliphatic rings. The van der Waals surface area contributed by atoms with Crippen LogP contribution in [0.25, 0.3) is 0 Å². The zero-order chi connectivity index (χ0) is 15.1. The number of carbonyl (C=O) groups excluding carboxylic acids is 3. The lowest BCUT2D eigenvalue weighted by atomic mass is 10.2. The summed E-state index contributed by atoms with van der Waals surface area (Å²) in [6, 6.07) is 0. The molecular formula is C14H17NO5. The lowest BCUT2D eigenvalue weighted by molar-refractivity contribution is -0.140. The Balaban J connectivity index is 2.45. The zero-order valence-electron chi connectivity index (χ0n) is 11.5. The van der Waals surface area contributed by atoms with Gasteiger partial charge in [0.2, 0.25) is 0 Å². The molecular weight excluding hydrogens is 262 g/mol. The molecule has 0 unspecified atom stereocenters. The Bertz CT molecular complexity index is 488. The highest BCUT2D eigenvalue weighted by Gasteiger charge is 2.18. The molecule has 0 aromatic carbocycles. The van der Waals surface area contributed by atoms with Crippen molar-refractivity contribution in [3.05, 3.63) is 36.3 Å². The second-order valence-electron chi connectivity index (χ2n) is 4.61. The molecule has 1 aliphatic heterocycles. The van der Waals surface area contributed by atoms with Crippen LogP contribution in [-0.4, -0.2) is 24.5 Å². The third-order valence-electron chi connectivity index (χ3n) is 2.17. The maximum Gasteiger partial charge on any atom is 0.336 e. The van der Waals surface area contributed by atoms with Crippen molar-refractivity contribution < 1.29 is 23.9 Å². The standard InChI is InChI=1S/C14H17NO5/c1-9(2)8-19-12(16)6-7-13(17)20-11-5-4-10(3)15-14(11)18/h5-7,9H,3-4,8H2,1-2H3,(H,15,18)/b7-6+. The first-order valence-electron chi connectivity index (χ1n) is 6.14. The summed E-state index contributed by atoms with van der Waals surface area (Å²) in [7, 11) is 0. The Labute approximate surface area is 117 Å². The van der Waals surface area contributed by atoms with Gasteiger partial charge in [0.05, 0.1) is 6.61 Å². The largest absolute Gasteiger partial charge is 0.462 e. The van der Waals surface area contributed by atoms with Crippen molar-refractivity contribution in [1.82, 2.24) is 5.32 Å². The summed E-state index contributed by atoms with van der Waals surface area (Å²) in [5.74, 6) is -1.89. The predicted octanol–water partition coefficient (Wildman–Crippen LogP) is 1.20. The molecule has 6 nitrogen and oxygen atoms in total. The second kappa shape index (κ2) is 7.28. The quantitative estimate of drug-likeness (QED) is 0.604. The number of carbonyl (C=O) groups is 3. The van der Waals surface area contributed by atoms with Gasteiger partial charge in [0.1, 0.15) is 0 Å². The Kier molecular flexibility index (Phi) is 5.71. The van der Waals surface area contributed by atoms with Gasteiger partial charge in [-0.2, -0.15) is 0 Å². The van der Waals surface area contributed by atoms with Gasteiger partial charge in [0.25, 0.3) is 5.91 Å². The van der Waals surface area contributed by atoms with Gasteiger partial charge in [-0.05, 0) is 12.0 Å². The summed E-state index contributed by atoms with van der Waals surface area (Å²) in [6.45, 7) is 7.64. The van der Waals surface area contributed by atoms with Crippen molar-refractivity contribution in [3.8, 4) is 0 Å². The summed E-state index contributed by atoms with van der Waals surface area (Å²) in [4.78, 5) is 34.1. The van der Waals surface area contributed by atoms with Gasteiger partial charge in [-0.1, -0.05) is 20.4 Å². The van der Waals surface area contributed by atoms with Crippen LogP contribution in [0.4, 0.5) is 0 Å². The monoisotopic (exact) mass is 279 g/mol. The highest BCUT2D eigenvalue weighted by Crippen LogP contribution is 2.10. The topological polar surface area (TPSA) is 81.7 Å². The molecule has 6 heteroatoms. The van der Waals surface area contributed by atoms with E-state index in [-0.39, 0.29) is 18.3 Å². The minimum absolute atomic E-state index is 0.109. The molecule has 0 bridgehead atoms. The SMILES string of the molecule is C=C1CC=C(OC(=O)/C=C/C(=O)OCC(C)C)C(=O)N1. The molecule has 0 spiro atoms. The van der Waals surface area contributed by atoms with E-state index in [0.29, 0.717) is 12.1 Å². The van der Waals surface area contributed by atoms with E-state index in [1.165, 1.54) is 6.08 Å². The van der Waals surface area contributed by atoms with Crippen molar-refractivity contribution in [2.75, 3.05) is 6.61 Å². The van der Waals surface area contributed by atoms with Gasteiger partial charge in [-0.25, -0.2) is 9.59 Å². The molecule has 0 radical (unpaired) electrons. The van der Waals surface area contributed by atoms with Crippen molar-refractivity contribution >= 4 is 17.8 Å². The number of nitrogens with one attached hydrogen (secondary N) is 1. The van der Waals surface area contributed by atoms with E-state index >= 15 is 0 Å². The average Bonchev–Trinajstić information content (AvgIpc) is 2.37. The lowest BCUT2D eigenvalue weighted by Gasteiger charge is -2.14. The molecule has 0 fully saturated rings. The van der Waals surface area contributed by atoms with Crippen LogP contribution in [0, 0.1) is 5.92 Å². The second-order valence-corrected chi connectivity index (χ2v) is 4.61. The summed E-state index contributed by atoms with van der Waals surface area (Å²) in [5.41, 5.74) is 0.530. The van der Waals surface area contributed by atoms with Crippen LogP contribution in [0.1, 0.15) is 20.3 Å². The first kappa shape index (κ1) is 15.7. The number of hydrogen-bond donors (Lipinski definition) is 1. The number of allylic oxidation sites excluding steroid dienone is 1. The fraction of sp³-hybridized carbons (Fsp3) is 0.357. The fourth-order valence-electron chi connectivity index (χ4n) is 1.25. The molecule has 1 heterocycles. The molecule has 0 saturated heterocycles. The molecule has 0 aliphatic carbocycles. The van der Waals surface area contributed by atoms with Crippen molar-refractivity contribution in [3.63, 3.8) is 0 Å². The minimum atomic E-state index is -0.819. The number of rotatable bonds is 5. The summed E-state index contributed by atoms with van der Waals surface area (Å²) < 4.78 is 9.64. The Morgan fingerprint density at radius 3 is 2.65 bits per heavy atom. The van der Waals surface area contributed by atoms with E-state index in [2.05, 4.69) is 11.9 Å². The van der Waals surface area contributed by atoms with Crippen LogP contribution in [0.5, 0.6) is 0 Å². The van der Waals surface area contributed by atoms with Gasteiger partial charge in [-0.3, -0.25) is 4.79 Å². The van der Waals surface area contributed by atoms with Crippen LogP contribution in [0.3, 0.4) is 0 Å². The van der Waals surface area contributed by atoms with Crippen molar-refractivity contribution in [1.29, 1.82) is 0 Å². The van der Waals surface area contributed by atoms with Crippen LogP contribution < -0.4 is 5.32 Å². The van der Waals surface area contributed by atoms with Crippen molar-refractivity contribution in [2.45, 2.75) is 20.3 Å². The Morgan fingerprint density at radius 1 is 1.40 bits per heavy atom. The molecule has 0 atom stereocenters. The minimum Gasteiger partial charge on any atom is -0.462 e. The van der Waals surface area contributed by atoms with E-state index in [0.717, 1.165) is 12.2 Å². The number of hydrogen-bond acceptors (Lipinski definition) is 5. The summed E-state index contributed by atoms with van der Waals surface area (Å²) in [5, 5.41) is 2.44. The third-order valence-corrected chi connectivity index (χ3v) is 2.17. The molecule has 0 aromatic heterocycles. The Hall–Kier alpha value is -2.37. The normalized spacial score (nSPS) is 15.1. The van der Waals surface area contributed by atoms with E-state index in [9.17, 15) is 14.4 Å². The van der Waals surface area contributed by atoms with Gasteiger partial charge in [0.15, 0.2) is 5.76 Å². The van der Waals surface area contributed by atoms with Crippen LogP contribution >= 0.6 is 0 Å². The van der Waals surface area contributed by atoms with E-state index < -0.39 is 17.8 Å². The van der Waals surface area contributed by atoms with E-state index in [1.807, 2.05) is 13.8 Å². The molecule has 0 saturated carbocycles. The fourth-order valence-corrected chi connectivity index (χ4v) is 1.25. The molecule has 1 amide bonds. The smallest absolute Gasteiger partial charge is 0.336 e. The lowest BCUT2D eigenvalue weighted by Crippen LogP contribution is -2.29. The third kappa shape index (κ3) is 5.51. The maximum atomic E-state index is 11.4. The molecule has 1 rings (SSSR count). The highest BCUT2D eigenvalue weighted by molar-refractivity contribution is 5.98. The first-order valence-corrected chi connectivity index (χ1v) is 6.14. The van der Waals surface area contributed by atoms with Crippen LogP contribution in [-0.2, 0) is 23.9 Å². The van der Waals surface area contributed by atoms with Crippen LogP contribution in [0.2, 0.25) is 0 Å². The Morgan fingerprint density at radius 2 is 2.05 bits per heavy atom. The summed E-state index contributed by atoms with van der Waals surface area (Å²) in [6.07, 6.45) is 3.73. The number of ether oxygens (including phenoxy) is 2. The predicted molar refractivity (Wildman–Crippen MR) is 71.0 cm³/mol. The van der Waals surface area contributed by atoms with E-state index in [1.54, 1.807) is 0 Å². The van der Waals surface area contributed by atoms with Gasteiger partial charge in [-0.15, -0.1) is 0 Å². The molecule has 1 N–H and O–H groups in total. The van der Waals surface area contributed by atoms with Crippen LogP contribution in [0.15, 0.2) is 36.3 Å². The van der Waals surface area contributed by atoms with Crippen molar-refractivity contribution in [2.24, 2.45) is 5.92 Å². The first-order chi connectivity index (χ1) is 9.38. The maximum absolute atomic E-state index is 11.4. The zero-order valence-corrected chi connectivity index (χ0v) is 11.5.